The first-order chi connectivity index (χ1) is 8.72. The summed E-state index contributed by atoms with van der Waals surface area (Å²) in [5.74, 6) is 2.57. The van der Waals surface area contributed by atoms with Crippen molar-refractivity contribution in [3.63, 3.8) is 0 Å². The van der Waals surface area contributed by atoms with Gasteiger partial charge >= 0.3 is 0 Å². The molecule has 0 aromatic heterocycles. The summed E-state index contributed by atoms with van der Waals surface area (Å²) in [5, 5.41) is 0. The van der Waals surface area contributed by atoms with Crippen LogP contribution in [-0.2, 0) is 4.79 Å². The SMILES string of the molecule is CCC1CCC(=O)C(CN2CCCC(CC)C2)C1. The van der Waals surface area contributed by atoms with E-state index in [1.807, 2.05) is 0 Å². The molecule has 2 nitrogen and oxygen atoms in total. The Balaban J connectivity index is 1.85. The van der Waals surface area contributed by atoms with Gasteiger partial charge in [0.25, 0.3) is 0 Å². The average Bonchev–Trinajstić information content (AvgIpc) is 2.41. The van der Waals surface area contributed by atoms with Crippen LogP contribution < -0.4 is 0 Å². The molecule has 2 aliphatic rings. The van der Waals surface area contributed by atoms with Crippen LogP contribution in [0.2, 0.25) is 0 Å². The number of piperidine rings is 1. The summed E-state index contributed by atoms with van der Waals surface area (Å²) in [6, 6.07) is 0. The molecule has 0 aromatic rings. The van der Waals surface area contributed by atoms with Crippen molar-refractivity contribution in [3.05, 3.63) is 0 Å². The van der Waals surface area contributed by atoms with Crippen molar-refractivity contribution >= 4 is 5.78 Å². The van der Waals surface area contributed by atoms with Crippen LogP contribution in [0.1, 0.15) is 58.8 Å². The van der Waals surface area contributed by atoms with E-state index in [1.165, 1.54) is 38.8 Å². The first-order valence-electron chi connectivity index (χ1n) is 7.98. The molecule has 3 atom stereocenters. The Hall–Kier alpha value is -0.370. The fourth-order valence-electron chi connectivity index (χ4n) is 3.71. The lowest BCUT2D eigenvalue weighted by atomic mass is 9.79. The number of hydrogen-bond acceptors (Lipinski definition) is 2. The largest absolute Gasteiger partial charge is 0.302 e. The van der Waals surface area contributed by atoms with E-state index in [9.17, 15) is 4.79 Å². The Morgan fingerprint density at radius 3 is 2.67 bits per heavy atom. The van der Waals surface area contributed by atoms with Gasteiger partial charge in [-0.1, -0.05) is 26.7 Å². The second-order valence-electron chi connectivity index (χ2n) is 6.39. The Kier molecular flexibility index (Phi) is 5.23. The normalized spacial score (nSPS) is 34.8. The van der Waals surface area contributed by atoms with Gasteiger partial charge in [0.05, 0.1) is 0 Å². The molecule has 3 unspecified atom stereocenters. The van der Waals surface area contributed by atoms with Crippen LogP contribution in [0, 0.1) is 17.8 Å². The van der Waals surface area contributed by atoms with Crippen molar-refractivity contribution in [2.45, 2.75) is 58.8 Å². The predicted octanol–water partition coefficient (Wildman–Crippen LogP) is 3.50. The van der Waals surface area contributed by atoms with Gasteiger partial charge in [-0.15, -0.1) is 0 Å². The predicted molar refractivity (Wildman–Crippen MR) is 75.6 cm³/mol. The highest BCUT2D eigenvalue weighted by Crippen LogP contribution is 2.30. The van der Waals surface area contributed by atoms with E-state index in [-0.39, 0.29) is 0 Å². The highest BCUT2D eigenvalue weighted by molar-refractivity contribution is 5.81. The molecule has 0 bridgehead atoms. The van der Waals surface area contributed by atoms with Gasteiger partial charge < -0.3 is 4.90 Å². The molecule has 0 N–H and O–H groups in total. The molecule has 2 rings (SSSR count). The number of carbonyl (C=O) groups is 1. The lowest BCUT2D eigenvalue weighted by molar-refractivity contribution is -0.126. The summed E-state index contributed by atoms with van der Waals surface area (Å²) in [4.78, 5) is 14.6. The number of Topliss-reactive ketones (excluding diaryl/α,β-unsaturated/α-hetero) is 1. The standard InChI is InChI=1S/C16H29NO/c1-3-13-7-8-16(18)15(10-13)12-17-9-5-6-14(4-2)11-17/h13-15H,3-12H2,1-2H3. The topological polar surface area (TPSA) is 20.3 Å². The lowest BCUT2D eigenvalue weighted by Gasteiger charge is -2.36. The summed E-state index contributed by atoms with van der Waals surface area (Å²) in [5.41, 5.74) is 0. The van der Waals surface area contributed by atoms with E-state index in [1.54, 1.807) is 0 Å². The highest BCUT2D eigenvalue weighted by atomic mass is 16.1. The molecule has 1 saturated carbocycles. The quantitative estimate of drug-likeness (QED) is 0.762. The zero-order valence-corrected chi connectivity index (χ0v) is 12.2. The monoisotopic (exact) mass is 251 g/mol. The van der Waals surface area contributed by atoms with Gasteiger partial charge in [-0.05, 0) is 44.1 Å². The Morgan fingerprint density at radius 1 is 1.17 bits per heavy atom. The number of rotatable bonds is 4. The van der Waals surface area contributed by atoms with Crippen LogP contribution in [-0.4, -0.2) is 30.3 Å². The van der Waals surface area contributed by atoms with Crippen LogP contribution in [0.4, 0.5) is 0 Å². The lowest BCUT2D eigenvalue weighted by Crippen LogP contribution is -2.41. The number of ketones is 1. The van der Waals surface area contributed by atoms with E-state index in [0.29, 0.717) is 11.7 Å². The molecule has 1 heterocycles. The average molecular weight is 251 g/mol. The summed E-state index contributed by atoms with van der Waals surface area (Å²) < 4.78 is 0. The highest BCUT2D eigenvalue weighted by Gasteiger charge is 2.30. The van der Waals surface area contributed by atoms with E-state index >= 15 is 0 Å². The van der Waals surface area contributed by atoms with Gasteiger partial charge in [-0.25, -0.2) is 0 Å². The molecular weight excluding hydrogens is 222 g/mol. The first kappa shape index (κ1) is 14.0. The molecule has 1 saturated heterocycles. The third-order valence-electron chi connectivity index (χ3n) is 5.11. The Labute approximate surface area is 112 Å². The molecule has 0 aromatic carbocycles. The van der Waals surface area contributed by atoms with Crippen molar-refractivity contribution in [2.75, 3.05) is 19.6 Å². The maximum atomic E-state index is 12.1. The van der Waals surface area contributed by atoms with Gasteiger partial charge in [-0.3, -0.25) is 4.79 Å². The maximum Gasteiger partial charge on any atom is 0.137 e. The Bertz CT molecular complexity index is 276. The van der Waals surface area contributed by atoms with Crippen LogP contribution in [0.5, 0.6) is 0 Å². The second-order valence-corrected chi connectivity index (χ2v) is 6.39. The smallest absolute Gasteiger partial charge is 0.137 e. The van der Waals surface area contributed by atoms with Gasteiger partial charge in [0, 0.05) is 25.4 Å². The van der Waals surface area contributed by atoms with Gasteiger partial charge in [0.2, 0.25) is 0 Å². The van der Waals surface area contributed by atoms with Crippen LogP contribution in [0.15, 0.2) is 0 Å². The van der Waals surface area contributed by atoms with Crippen molar-refractivity contribution in [3.8, 4) is 0 Å². The molecular formula is C16H29NO. The fourth-order valence-corrected chi connectivity index (χ4v) is 3.71. The van der Waals surface area contributed by atoms with E-state index in [2.05, 4.69) is 18.7 Å². The molecule has 104 valence electrons. The van der Waals surface area contributed by atoms with Gasteiger partial charge in [0.1, 0.15) is 5.78 Å². The van der Waals surface area contributed by atoms with Crippen molar-refractivity contribution in [1.82, 2.24) is 4.90 Å². The minimum atomic E-state index is 0.347. The summed E-state index contributed by atoms with van der Waals surface area (Å²) in [6.45, 7) is 8.07. The maximum absolute atomic E-state index is 12.1. The number of likely N-dealkylation sites (tertiary alicyclic amines) is 1. The van der Waals surface area contributed by atoms with E-state index in [0.717, 1.165) is 37.6 Å². The van der Waals surface area contributed by atoms with Crippen molar-refractivity contribution in [2.24, 2.45) is 17.8 Å². The zero-order valence-electron chi connectivity index (χ0n) is 12.2. The molecule has 1 aliphatic heterocycles. The minimum absolute atomic E-state index is 0.347. The van der Waals surface area contributed by atoms with E-state index in [4.69, 9.17) is 0 Å². The van der Waals surface area contributed by atoms with Crippen molar-refractivity contribution in [1.29, 1.82) is 0 Å². The zero-order chi connectivity index (χ0) is 13.0. The number of carbonyl (C=O) groups excluding carboxylic acids is 1. The van der Waals surface area contributed by atoms with Crippen LogP contribution >= 0.6 is 0 Å². The molecule has 18 heavy (non-hydrogen) atoms. The summed E-state index contributed by atoms with van der Waals surface area (Å²) in [7, 11) is 0. The van der Waals surface area contributed by atoms with Gasteiger partial charge in [-0.2, -0.15) is 0 Å². The van der Waals surface area contributed by atoms with Crippen molar-refractivity contribution < 1.29 is 4.79 Å². The molecule has 2 heteroatoms. The van der Waals surface area contributed by atoms with Crippen LogP contribution in [0.3, 0.4) is 0 Å². The molecule has 0 amide bonds. The second kappa shape index (κ2) is 6.70. The van der Waals surface area contributed by atoms with Crippen LogP contribution in [0.25, 0.3) is 0 Å². The minimum Gasteiger partial charge on any atom is -0.302 e. The third kappa shape index (κ3) is 3.57. The summed E-state index contributed by atoms with van der Waals surface area (Å²) >= 11 is 0. The molecule has 0 spiro atoms. The Morgan fingerprint density at radius 2 is 1.94 bits per heavy atom. The van der Waals surface area contributed by atoms with E-state index < -0.39 is 0 Å². The number of hydrogen-bond donors (Lipinski definition) is 0. The molecule has 2 fully saturated rings. The number of nitrogens with zero attached hydrogens (tertiary/aromatic N) is 1. The first-order valence-corrected chi connectivity index (χ1v) is 7.98. The summed E-state index contributed by atoms with van der Waals surface area (Å²) in [6.07, 6.45) is 8.41. The third-order valence-corrected chi connectivity index (χ3v) is 5.11. The van der Waals surface area contributed by atoms with Gasteiger partial charge in [0.15, 0.2) is 0 Å². The molecule has 0 radical (unpaired) electrons. The molecule has 1 aliphatic carbocycles. The fraction of sp³-hybridized carbons (Fsp3) is 0.938.